The quantitative estimate of drug-likeness (QED) is 0.208. The maximum atomic E-state index is 14.9. The van der Waals surface area contributed by atoms with E-state index in [-0.39, 0.29) is 34.5 Å². The Labute approximate surface area is 276 Å². The van der Waals surface area contributed by atoms with Gasteiger partial charge in [0.15, 0.2) is 0 Å². The number of benzene rings is 2. The molecule has 0 saturated carbocycles. The van der Waals surface area contributed by atoms with E-state index in [1.54, 1.807) is 38.2 Å². The largest absolute Gasteiger partial charge is 0.491 e. The van der Waals surface area contributed by atoms with Crippen molar-refractivity contribution in [2.45, 2.75) is 71.4 Å². The zero-order valence-electron chi connectivity index (χ0n) is 27.3. The molecule has 2 N–H and O–H groups in total. The third-order valence-corrected chi connectivity index (χ3v) is 8.99. The van der Waals surface area contributed by atoms with Gasteiger partial charge in [-0.3, -0.25) is 4.79 Å². The molecule has 2 aromatic heterocycles. The molecule has 0 amide bonds. The highest BCUT2D eigenvalue weighted by Gasteiger charge is 2.46. The van der Waals surface area contributed by atoms with E-state index in [0.717, 1.165) is 18.4 Å². The summed E-state index contributed by atoms with van der Waals surface area (Å²) in [5, 5.41) is 16.9. The normalized spacial score (nSPS) is 18.3. The smallest absolute Gasteiger partial charge is 0.429 e. The van der Waals surface area contributed by atoms with Crippen molar-refractivity contribution in [3.05, 3.63) is 77.9 Å². The van der Waals surface area contributed by atoms with Gasteiger partial charge in [-0.1, -0.05) is 24.3 Å². The Bertz CT molecular complexity index is 1770. The number of nitrogens with zero attached hydrogens (tertiary/aromatic N) is 5. The summed E-state index contributed by atoms with van der Waals surface area (Å²) >= 11 is 0. The number of alkyl halides is 3. The van der Waals surface area contributed by atoms with Crippen molar-refractivity contribution < 1.29 is 32.5 Å². The van der Waals surface area contributed by atoms with E-state index < -0.39 is 24.3 Å². The number of rotatable bonds is 9. The number of aryl methyl sites for hydroxylation is 2. The zero-order valence-corrected chi connectivity index (χ0v) is 27.3. The molecule has 48 heavy (non-hydrogen) atoms. The van der Waals surface area contributed by atoms with Crippen LogP contribution in [0.1, 0.15) is 56.3 Å². The molecule has 1 spiro atoms. The van der Waals surface area contributed by atoms with Crippen molar-refractivity contribution in [3.63, 3.8) is 0 Å². The lowest BCUT2D eigenvalue weighted by Gasteiger charge is -2.39. The van der Waals surface area contributed by atoms with E-state index in [4.69, 9.17) is 9.47 Å². The summed E-state index contributed by atoms with van der Waals surface area (Å²) in [6.45, 7) is 9.05. The molecule has 2 fully saturated rings. The lowest BCUT2D eigenvalue weighted by molar-refractivity contribution is -0.198. The molecule has 2 atom stereocenters. The molecule has 2 saturated heterocycles. The van der Waals surface area contributed by atoms with Crippen LogP contribution in [0.25, 0.3) is 16.8 Å². The summed E-state index contributed by atoms with van der Waals surface area (Å²) in [5.41, 5.74) is 2.14. The topological polar surface area (TPSA) is 115 Å². The molecule has 4 aromatic rings. The average molecular weight is 665 g/mol. The third-order valence-electron chi connectivity index (χ3n) is 8.99. The lowest BCUT2D eigenvalue weighted by Crippen LogP contribution is -2.41. The second kappa shape index (κ2) is 13.1. The SMILES string of the molecule is Cc1ccn(-c2cc(-c3ccc(OC(C)C)cc3)ccc2[C@@H](Oc2cc(N3CCC4(CC3)CN[C@H](C(=O)O)C4)nc(C)n2)C(F)(F)F)n1. The predicted octanol–water partition coefficient (Wildman–Crippen LogP) is 6.45. The van der Waals surface area contributed by atoms with Crippen molar-refractivity contribution in [1.82, 2.24) is 25.1 Å². The maximum Gasteiger partial charge on any atom is 0.429 e. The van der Waals surface area contributed by atoms with E-state index in [1.165, 1.54) is 16.8 Å². The summed E-state index contributed by atoms with van der Waals surface area (Å²) in [5.74, 6) is 0.399. The highest BCUT2D eigenvalue weighted by Crippen LogP contribution is 2.42. The molecule has 13 heteroatoms. The Morgan fingerprint density at radius 1 is 1.00 bits per heavy atom. The predicted molar refractivity (Wildman–Crippen MR) is 174 cm³/mol. The Hall–Kier alpha value is -4.65. The van der Waals surface area contributed by atoms with Gasteiger partial charge in [0.1, 0.15) is 23.4 Å². The van der Waals surface area contributed by atoms with E-state index in [2.05, 4.69) is 20.4 Å². The van der Waals surface area contributed by atoms with Gasteiger partial charge in [0.25, 0.3) is 0 Å². The van der Waals surface area contributed by atoms with E-state index >= 15 is 0 Å². The Balaban J connectivity index is 1.29. The van der Waals surface area contributed by atoms with Crippen molar-refractivity contribution in [3.8, 4) is 28.4 Å². The van der Waals surface area contributed by atoms with E-state index in [1.807, 2.05) is 43.0 Å². The maximum absolute atomic E-state index is 14.9. The first kappa shape index (κ1) is 33.3. The molecule has 0 bridgehead atoms. The number of anilines is 1. The Morgan fingerprint density at radius 2 is 1.71 bits per heavy atom. The molecular weight excluding hydrogens is 625 g/mol. The number of nitrogens with one attached hydrogen (secondary N) is 1. The van der Waals surface area contributed by atoms with Gasteiger partial charge in [-0.2, -0.15) is 23.3 Å². The van der Waals surface area contributed by atoms with Crippen molar-refractivity contribution in [1.29, 1.82) is 0 Å². The van der Waals surface area contributed by atoms with Crippen molar-refractivity contribution in [2.24, 2.45) is 5.41 Å². The van der Waals surface area contributed by atoms with Gasteiger partial charge in [-0.25, -0.2) is 9.67 Å². The molecule has 4 heterocycles. The number of piperidine rings is 1. The summed E-state index contributed by atoms with van der Waals surface area (Å²) in [6.07, 6.45) is -3.48. The van der Waals surface area contributed by atoms with Crippen LogP contribution in [-0.4, -0.2) is 68.8 Å². The fourth-order valence-electron chi connectivity index (χ4n) is 6.55. The Morgan fingerprint density at radius 3 is 2.31 bits per heavy atom. The van der Waals surface area contributed by atoms with Crippen LogP contribution in [-0.2, 0) is 4.79 Å². The molecule has 2 aliphatic rings. The molecule has 0 unspecified atom stereocenters. The lowest BCUT2D eigenvalue weighted by atomic mass is 9.76. The molecule has 0 radical (unpaired) electrons. The van der Waals surface area contributed by atoms with Crippen molar-refractivity contribution in [2.75, 3.05) is 24.5 Å². The van der Waals surface area contributed by atoms with Crippen LogP contribution in [0.3, 0.4) is 0 Å². The first-order valence-electron chi connectivity index (χ1n) is 16.0. The van der Waals surface area contributed by atoms with E-state index in [9.17, 15) is 23.1 Å². The van der Waals surface area contributed by atoms with Crippen molar-refractivity contribution >= 4 is 11.8 Å². The molecule has 2 aliphatic heterocycles. The van der Waals surface area contributed by atoms with Crippen LogP contribution in [0.2, 0.25) is 0 Å². The van der Waals surface area contributed by atoms with Crippen LogP contribution < -0.4 is 19.7 Å². The van der Waals surface area contributed by atoms with Crippen LogP contribution in [0.15, 0.2) is 60.8 Å². The second-order valence-corrected chi connectivity index (χ2v) is 13.0. The first-order chi connectivity index (χ1) is 22.8. The van der Waals surface area contributed by atoms with E-state index in [0.29, 0.717) is 48.9 Å². The number of halogens is 3. The zero-order chi connectivity index (χ0) is 34.2. The molecule has 254 valence electrons. The second-order valence-electron chi connectivity index (χ2n) is 13.0. The number of hydrogen-bond donors (Lipinski definition) is 2. The van der Waals surface area contributed by atoms with Crippen LogP contribution in [0.5, 0.6) is 11.6 Å². The van der Waals surface area contributed by atoms with Gasteiger partial charge >= 0.3 is 12.1 Å². The average Bonchev–Trinajstić information content (AvgIpc) is 3.66. The van der Waals surface area contributed by atoms with Gasteiger partial charge in [-0.15, -0.1) is 0 Å². The van der Waals surface area contributed by atoms with Crippen LogP contribution in [0.4, 0.5) is 19.0 Å². The van der Waals surface area contributed by atoms with Gasteiger partial charge in [0.05, 0.1) is 17.5 Å². The fraction of sp³-hybridized carbons (Fsp3) is 0.429. The third kappa shape index (κ3) is 7.25. The first-order valence-corrected chi connectivity index (χ1v) is 16.0. The summed E-state index contributed by atoms with van der Waals surface area (Å²) in [6, 6.07) is 14.7. The van der Waals surface area contributed by atoms with Gasteiger partial charge in [-0.05, 0) is 87.8 Å². The summed E-state index contributed by atoms with van der Waals surface area (Å²) in [7, 11) is 0. The molecule has 6 rings (SSSR count). The number of carboxylic acids is 1. The molecule has 0 aliphatic carbocycles. The van der Waals surface area contributed by atoms with Gasteiger partial charge < -0.3 is 24.8 Å². The van der Waals surface area contributed by atoms with Gasteiger partial charge in [0.2, 0.25) is 12.0 Å². The number of carboxylic acid groups (broad SMARTS) is 1. The van der Waals surface area contributed by atoms with Crippen LogP contribution >= 0.6 is 0 Å². The number of aromatic nitrogens is 4. The number of ether oxygens (including phenoxy) is 2. The van der Waals surface area contributed by atoms with Crippen LogP contribution in [0, 0.1) is 19.3 Å². The fourth-order valence-corrected chi connectivity index (χ4v) is 6.55. The summed E-state index contributed by atoms with van der Waals surface area (Å²) in [4.78, 5) is 22.2. The standard InChI is InChI=1S/C35H39F3N6O4/c1-21(2)47-26-8-5-24(6-9-26)25-7-10-27(29(17-25)44-14-11-22(3)42-44)32(35(36,37)38)48-31-18-30(40-23(4)41-31)43-15-12-34(13-16-43)19-28(33(45)46)39-20-34/h5-11,14,17-18,21,28,32,39H,12-13,15-16,19-20H2,1-4H3,(H,45,46)/t28-,32+/m0/s1. The number of aliphatic carboxylic acids is 1. The minimum atomic E-state index is -4.79. The Kier molecular flexibility index (Phi) is 9.08. The highest BCUT2D eigenvalue weighted by atomic mass is 19.4. The highest BCUT2D eigenvalue weighted by molar-refractivity contribution is 5.74. The molecule has 10 nitrogen and oxygen atoms in total. The summed E-state index contributed by atoms with van der Waals surface area (Å²) < 4.78 is 57.6. The number of carbonyl (C=O) groups is 1. The monoisotopic (exact) mass is 664 g/mol. The number of hydrogen-bond acceptors (Lipinski definition) is 8. The minimum absolute atomic E-state index is 0.00819. The minimum Gasteiger partial charge on any atom is -0.491 e. The molecule has 2 aromatic carbocycles. The molecular formula is C35H39F3N6O4. The van der Waals surface area contributed by atoms with Gasteiger partial charge in [0, 0.05) is 37.5 Å².